The maximum Gasteiger partial charge on any atom is 0.336 e. The van der Waals surface area contributed by atoms with E-state index < -0.39 is 5.97 Å². The molecule has 128 valence electrons. The molecule has 0 spiro atoms. The molecule has 2 N–H and O–H groups in total. The summed E-state index contributed by atoms with van der Waals surface area (Å²) in [6.45, 7) is 1.70. The van der Waals surface area contributed by atoms with E-state index in [1.165, 1.54) is 12.3 Å². The van der Waals surface area contributed by atoms with E-state index >= 15 is 0 Å². The molecule has 1 aromatic carbocycles. The van der Waals surface area contributed by atoms with E-state index in [2.05, 4.69) is 10.3 Å². The quantitative estimate of drug-likeness (QED) is 0.717. The third-order valence-corrected chi connectivity index (χ3v) is 3.43. The Morgan fingerprint density at radius 1 is 1.25 bits per heavy atom. The highest BCUT2D eigenvalue weighted by molar-refractivity contribution is 6.07. The van der Waals surface area contributed by atoms with Crippen molar-refractivity contribution in [2.24, 2.45) is 0 Å². The van der Waals surface area contributed by atoms with Gasteiger partial charge in [-0.25, -0.2) is 4.79 Å². The van der Waals surface area contributed by atoms with Gasteiger partial charge in [0.2, 0.25) is 5.91 Å². The Morgan fingerprint density at radius 3 is 2.75 bits per heavy atom. The van der Waals surface area contributed by atoms with E-state index in [0.717, 1.165) is 6.54 Å². The second kappa shape index (κ2) is 8.37. The van der Waals surface area contributed by atoms with Gasteiger partial charge in [0.1, 0.15) is 0 Å². The lowest BCUT2D eigenvalue weighted by Crippen LogP contribution is -2.20. The van der Waals surface area contributed by atoms with E-state index in [4.69, 9.17) is 4.74 Å². The highest BCUT2D eigenvalue weighted by Gasteiger charge is 2.12. The van der Waals surface area contributed by atoms with Crippen LogP contribution >= 0.6 is 0 Å². The van der Waals surface area contributed by atoms with Crippen molar-refractivity contribution in [1.82, 2.24) is 9.88 Å². The zero-order valence-electron chi connectivity index (χ0n) is 13.8. The zero-order valence-corrected chi connectivity index (χ0v) is 13.8. The number of hydrogen-bond donors (Lipinski definition) is 2. The summed E-state index contributed by atoms with van der Waals surface area (Å²) >= 11 is 0. The SMILES string of the molecule is CN(C)CCOCCC(=O)Nc1cccc2c(C(=O)O)ccnc12. The fourth-order valence-corrected chi connectivity index (χ4v) is 2.19. The first-order valence-corrected chi connectivity index (χ1v) is 7.62. The van der Waals surface area contributed by atoms with Gasteiger partial charge in [-0.2, -0.15) is 0 Å². The first-order valence-electron chi connectivity index (χ1n) is 7.62. The second-order valence-corrected chi connectivity index (χ2v) is 5.58. The molecule has 0 radical (unpaired) electrons. The van der Waals surface area contributed by atoms with Crippen LogP contribution in [-0.2, 0) is 9.53 Å². The van der Waals surface area contributed by atoms with Crippen LogP contribution < -0.4 is 5.32 Å². The summed E-state index contributed by atoms with van der Waals surface area (Å²) in [5.74, 6) is -1.23. The number of anilines is 1. The van der Waals surface area contributed by atoms with Crippen LogP contribution in [0.4, 0.5) is 5.69 Å². The number of carbonyl (C=O) groups is 2. The van der Waals surface area contributed by atoms with E-state index in [0.29, 0.717) is 29.8 Å². The maximum absolute atomic E-state index is 12.0. The molecule has 2 aromatic rings. The Bertz CT molecular complexity index is 731. The third kappa shape index (κ3) is 4.74. The van der Waals surface area contributed by atoms with Gasteiger partial charge in [0.25, 0.3) is 0 Å². The number of amides is 1. The van der Waals surface area contributed by atoms with Gasteiger partial charge >= 0.3 is 5.97 Å². The monoisotopic (exact) mass is 331 g/mol. The zero-order chi connectivity index (χ0) is 17.5. The van der Waals surface area contributed by atoms with Crippen molar-refractivity contribution in [3.05, 3.63) is 36.0 Å². The number of rotatable bonds is 8. The van der Waals surface area contributed by atoms with Crippen LogP contribution in [0.3, 0.4) is 0 Å². The molecule has 0 aliphatic rings. The molecule has 0 saturated heterocycles. The Morgan fingerprint density at radius 2 is 2.04 bits per heavy atom. The molecular weight excluding hydrogens is 310 g/mol. The number of carboxylic acids is 1. The normalized spacial score (nSPS) is 11.0. The summed E-state index contributed by atoms with van der Waals surface area (Å²) < 4.78 is 5.40. The van der Waals surface area contributed by atoms with Crippen LogP contribution in [0.5, 0.6) is 0 Å². The maximum atomic E-state index is 12.0. The van der Waals surface area contributed by atoms with Crippen LogP contribution in [0.2, 0.25) is 0 Å². The Labute approximate surface area is 140 Å². The van der Waals surface area contributed by atoms with Crippen LogP contribution in [0.25, 0.3) is 10.9 Å². The molecule has 0 fully saturated rings. The van der Waals surface area contributed by atoms with Gasteiger partial charge in [-0.15, -0.1) is 0 Å². The fourth-order valence-electron chi connectivity index (χ4n) is 2.19. The molecule has 0 atom stereocenters. The van der Waals surface area contributed by atoms with E-state index in [9.17, 15) is 14.7 Å². The molecule has 2 rings (SSSR count). The van der Waals surface area contributed by atoms with Crippen LogP contribution in [0.1, 0.15) is 16.8 Å². The Kier molecular flexibility index (Phi) is 6.22. The van der Waals surface area contributed by atoms with Crippen molar-refractivity contribution in [3.8, 4) is 0 Å². The minimum absolute atomic E-state index is 0.156. The number of para-hydroxylation sites is 1. The summed E-state index contributed by atoms with van der Waals surface area (Å²) in [5, 5.41) is 12.5. The molecule has 1 amide bonds. The summed E-state index contributed by atoms with van der Waals surface area (Å²) in [5.41, 5.74) is 1.11. The number of aromatic nitrogens is 1. The van der Waals surface area contributed by atoms with Crippen LogP contribution in [0.15, 0.2) is 30.5 Å². The van der Waals surface area contributed by atoms with E-state index in [1.807, 2.05) is 19.0 Å². The number of hydrogen-bond acceptors (Lipinski definition) is 5. The molecule has 7 heteroatoms. The highest BCUT2D eigenvalue weighted by Crippen LogP contribution is 2.24. The lowest BCUT2D eigenvalue weighted by atomic mass is 10.1. The highest BCUT2D eigenvalue weighted by atomic mass is 16.5. The number of aromatic carboxylic acids is 1. The summed E-state index contributed by atoms with van der Waals surface area (Å²) in [7, 11) is 3.91. The van der Waals surface area contributed by atoms with Gasteiger partial charge in [0, 0.05) is 18.1 Å². The molecule has 0 unspecified atom stereocenters. The van der Waals surface area contributed by atoms with Crippen molar-refractivity contribution in [1.29, 1.82) is 0 Å². The van der Waals surface area contributed by atoms with Crippen molar-refractivity contribution < 1.29 is 19.4 Å². The summed E-state index contributed by atoms with van der Waals surface area (Å²) in [4.78, 5) is 29.5. The third-order valence-electron chi connectivity index (χ3n) is 3.43. The number of fused-ring (bicyclic) bond motifs is 1. The molecule has 7 nitrogen and oxygen atoms in total. The van der Waals surface area contributed by atoms with Crippen LogP contribution in [0, 0.1) is 0 Å². The second-order valence-electron chi connectivity index (χ2n) is 5.58. The predicted molar refractivity (Wildman–Crippen MR) is 91.3 cm³/mol. The average Bonchev–Trinajstić information content (AvgIpc) is 2.54. The Balaban J connectivity index is 2.01. The minimum Gasteiger partial charge on any atom is -0.478 e. The Hall–Kier alpha value is -2.51. The predicted octanol–water partition coefficient (Wildman–Crippen LogP) is 1.84. The number of nitrogens with zero attached hydrogens (tertiary/aromatic N) is 2. The molecule has 0 aliphatic carbocycles. The van der Waals surface area contributed by atoms with Gasteiger partial charge in [-0.05, 0) is 26.2 Å². The topological polar surface area (TPSA) is 91.8 Å². The molecule has 24 heavy (non-hydrogen) atoms. The van der Waals surface area contributed by atoms with E-state index in [1.54, 1.807) is 18.2 Å². The first kappa shape index (κ1) is 17.8. The largest absolute Gasteiger partial charge is 0.478 e. The van der Waals surface area contributed by atoms with Crippen molar-refractivity contribution >= 4 is 28.5 Å². The lowest BCUT2D eigenvalue weighted by molar-refractivity contribution is -0.117. The number of nitrogens with one attached hydrogen (secondary N) is 1. The first-order chi connectivity index (χ1) is 11.5. The number of pyridine rings is 1. The molecule has 0 bridgehead atoms. The number of carboxylic acid groups (broad SMARTS) is 1. The van der Waals surface area contributed by atoms with Gasteiger partial charge in [0.15, 0.2) is 0 Å². The summed E-state index contributed by atoms with van der Waals surface area (Å²) in [6, 6.07) is 6.51. The molecule has 0 aliphatic heterocycles. The number of likely N-dealkylation sites (N-methyl/N-ethyl adjacent to an activating group) is 1. The number of benzene rings is 1. The summed E-state index contributed by atoms with van der Waals surface area (Å²) in [6.07, 6.45) is 1.65. The lowest BCUT2D eigenvalue weighted by Gasteiger charge is -2.11. The number of carbonyl (C=O) groups excluding carboxylic acids is 1. The van der Waals surface area contributed by atoms with Crippen molar-refractivity contribution in [3.63, 3.8) is 0 Å². The standard InChI is InChI=1S/C17H21N3O4/c1-20(2)9-11-24-10-7-15(21)19-14-5-3-4-12-13(17(22)23)6-8-18-16(12)14/h3-6,8H,7,9-11H2,1-2H3,(H,19,21)(H,22,23). The van der Waals surface area contributed by atoms with E-state index in [-0.39, 0.29) is 17.9 Å². The van der Waals surface area contributed by atoms with Crippen LogP contribution in [-0.4, -0.2) is 60.7 Å². The fraction of sp³-hybridized carbons (Fsp3) is 0.353. The van der Waals surface area contributed by atoms with Gasteiger partial charge in [-0.1, -0.05) is 12.1 Å². The average molecular weight is 331 g/mol. The molecule has 1 aromatic heterocycles. The molecular formula is C17H21N3O4. The van der Waals surface area contributed by atoms with Gasteiger partial charge in [0.05, 0.1) is 36.4 Å². The molecule has 0 saturated carbocycles. The molecule has 1 heterocycles. The van der Waals surface area contributed by atoms with Crippen molar-refractivity contribution in [2.45, 2.75) is 6.42 Å². The van der Waals surface area contributed by atoms with Gasteiger partial charge in [-0.3, -0.25) is 9.78 Å². The minimum atomic E-state index is -1.03. The van der Waals surface area contributed by atoms with Crippen molar-refractivity contribution in [2.75, 3.05) is 39.2 Å². The van der Waals surface area contributed by atoms with Gasteiger partial charge < -0.3 is 20.1 Å². The smallest absolute Gasteiger partial charge is 0.336 e. The number of ether oxygens (including phenoxy) is 1.